The first-order chi connectivity index (χ1) is 5.24. The van der Waals surface area contributed by atoms with Crippen molar-refractivity contribution in [2.45, 2.75) is 12.3 Å². The highest BCUT2D eigenvalue weighted by Gasteiger charge is 1.99. The molecule has 0 aliphatic heterocycles. The van der Waals surface area contributed by atoms with Crippen LogP contribution in [0.4, 0.5) is 0 Å². The largest absolute Gasteiger partial charge is 0.294 e. The van der Waals surface area contributed by atoms with Gasteiger partial charge in [-0.1, -0.05) is 15.9 Å². The Balaban J connectivity index is 2.91. The van der Waals surface area contributed by atoms with E-state index in [1.165, 1.54) is 19.3 Å². The van der Waals surface area contributed by atoms with Gasteiger partial charge in [-0.2, -0.15) is 0 Å². The van der Waals surface area contributed by atoms with Gasteiger partial charge in [0.2, 0.25) is 0 Å². The molecule has 0 aliphatic carbocycles. The summed E-state index contributed by atoms with van der Waals surface area (Å²) in [6.07, 6.45) is 3.07. The molecule has 0 spiro atoms. The predicted octanol–water partition coefficient (Wildman–Crippen LogP) is 1.57. The zero-order valence-electron chi connectivity index (χ0n) is 6.04. The summed E-state index contributed by atoms with van der Waals surface area (Å²) in [6.45, 7) is 1.49. The van der Waals surface area contributed by atoms with Crippen LogP contribution in [0.1, 0.15) is 23.1 Å². The number of halogens is 1. The van der Waals surface area contributed by atoms with Crippen LogP contribution in [0.3, 0.4) is 0 Å². The highest BCUT2D eigenvalue weighted by atomic mass is 79.9. The van der Waals surface area contributed by atoms with Crippen LogP contribution in [0.25, 0.3) is 0 Å². The number of ketones is 1. The monoisotopic (exact) mass is 214 g/mol. The molecule has 0 fully saturated rings. The van der Waals surface area contributed by atoms with Gasteiger partial charge in [0.05, 0.1) is 10.9 Å². The quantitative estimate of drug-likeness (QED) is 0.555. The van der Waals surface area contributed by atoms with Crippen molar-refractivity contribution < 1.29 is 4.79 Å². The van der Waals surface area contributed by atoms with Gasteiger partial charge < -0.3 is 0 Å². The van der Waals surface area contributed by atoms with Gasteiger partial charge in [0.25, 0.3) is 0 Å². The fraction of sp³-hybridized carbons (Fsp3) is 0.286. The number of alkyl halides is 1. The molecule has 4 heteroatoms. The Morgan fingerprint density at radius 3 is 2.45 bits per heavy atom. The van der Waals surface area contributed by atoms with Crippen molar-refractivity contribution in [2.24, 2.45) is 0 Å². The van der Waals surface area contributed by atoms with Gasteiger partial charge in [-0.25, -0.2) is 9.97 Å². The van der Waals surface area contributed by atoms with E-state index < -0.39 is 0 Å². The second-order valence-corrected chi connectivity index (χ2v) is 2.64. The number of aromatic nitrogens is 2. The van der Waals surface area contributed by atoms with E-state index in [-0.39, 0.29) is 5.78 Å². The summed E-state index contributed by atoms with van der Waals surface area (Å²) < 4.78 is 0. The molecular weight excluding hydrogens is 208 g/mol. The molecule has 0 aliphatic rings. The second-order valence-electron chi connectivity index (χ2n) is 2.08. The Bertz CT molecular complexity index is 258. The van der Waals surface area contributed by atoms with E-state index in [1.54, 1.807) is 0 Å². The maximum absolute atomic E-state index is 10.8. The third-order valence-corrected chi connectivity index (χ3v) is 1.73. The Hall–Kier alpha value is -0.770. The van der Waals surface area contributed by atoms with Crippen molar-refractivity contribution >= 4 is 21.7 Å². The average Bonchev–Trinajstić information content (AvgIpc) is 2.05. The molecule has 0 radical (unpaired) electrons. The SMILES string of the molecule is CC(=O)c1cnc(CBr)nc1. The second kappa shape index (κ2) is 3.57. The van der Waals surface area contributed by atoms with Crippen LogP contribution in [0.2, 0.25) is 0 Å². The molecule has 1 aromatic rings. The topological polar surface area (TPSA) is 42.9 Å². The summed E-state index contributed by atoms with van der Waals surface area (Å²) in [6, 6.07) is 0. The van der Waals surface area contributed by atoms with Gasteiger partial charge in [0.15, 0.2) is 5.78 Å². The highest BCUT2D eigenvalue weighted by molar-refractivity contribution is 9.08. The summed E-state index contributed by atoms with van der Waals surface area (Å²) >= 11 is 3.21. The summed E-state index contributed by atoms with van der Waals surface area (Å²) in [5.41, 5.74) is 0.551. The molecule has 1 rings (SSSR count). The van der Waals surface area contributed by atoms with Gasteiger partial charge in [-0.3, -0.25) is 4.79 Å². The van der Waals surface area contributed by atoms with Crippen molar-refractivity contribution in [3.8, 4) is 0 Å². The molecule has 0 unspecified atom stereocenters. The molecule has 0 atom stereocenters. The molecule has 0 saturated carbocycles. The lowest BCUT2D eigenvalue weighted by Crippen LogP contribution is -1.97. The minimum absolute atomic E-state index is 0.00822. The lowest BCUT2D eigenvalue weighted by atomic mass is 10.2. The number of nitrogens with zero attached hydrogens (tertiary/aromatic N) is 2. The van der Waals surface area contributed by atoms with Gasteiger partial charge in [-0.05, 0) is 6.92 Å². The molecule has 1 aromatic heterocycles. The Morgan fingerprint density at radius 1 is 1.55 bits per heavy atom. The first kappa shape index (κ1) is 8.33. The molecular formula is C7H7BrN2O. The maximum atomic E-state index is 10.8. The van der Waals surface area contributed by atoms with Crippen molar-refractivity contribution in [3.63, 3.8) is 0 Å². The first-order valence-corrected chi connectivity index (χ1v) is 4.24. The molecule has 58 valence electrons. The normalized spacial score (nSPS) is 9.64. The number of Topliss-reactive ketones (excluding diaryl/α,β-unsaturated/α-hetero) is 1. The minimum atomic E-state index is -0.00822. The summed E-state index contributed by atoms with van der Waals surface area (Å²) in [5.74, 6) is 0.682. The number of rotatable bonds is 2. The van der Waals surface area contributed by atoms with E-state index in [2.05, 4.69) is 25.9 Å². The standard InChI is InChI=1S/C7H7BrN2O/c1-5(11)6-3-9-7(2-8)10-4-6/h3-4H,2H2,1H3. The van der Waals surface area contributed by atoms with E-state index >= 15 is 0 Å². The van der Waals surface area contributed by atoms with Crippen molar-refractivity contribution in [2.75, 3.05) is 0 Å². The van der Waals surface area contributed by atoms with E-state index in [4.69, 9.17) is 0 Å². The summed E-state index contributed by atoms with van der Waals surface area (Å²) in [5, 5.41) is 0.616. The number of hydrogen-bond acceptors (Lipinski definition) is 3. The molecule has 0 saturated heterocycles. The van der Waals surface area contributed by atoms with Crippen LogP contribution in [0, 0.1) is 0 Å². The zero-order valence-corrected chi connectivity index (χ0v) is 7.63. The lowest BCUT2D eigenvalue weighted by molar-refractivity contribution is 0.101. The predicted molar refractivity (Wildman–Crippen MR) is 44.7 cm³/mol. The van der Waals surface area contributed by atoms with E-state index in [0.717, 1.165) is 0 Å². The van der Waals surface area contributed by atoms with Gasteiger partial charge in [0, 0.05) is 12.4 Å². The van der Waals surface area contributed by atoms with Crippen LogP contribution in [0.15, 0.2) is 12.4 Å². The summed E-state index contributed by atoms with van der Waals surface area (Å²) in [7, 11) is 0. The Labute approximate surface area is 73.0 Å². The summed E-state index contributed by atoms with van der Waals surface area (Å²) in [4.78, 5) is 18.6. The van der Waals surface area contributed by atoms with Crippen LogP contribution in [-0.2, 0) is 5.33 Å². The highest BCUT2D eigenvalue weighted by Crippen LogP contribution is 2.00. The minimum Gasteiger partial charge on any atom is -0.294 e. The van der Waals surface area contributed by atoms with E-state index in [1.807, 2.05) is 0 Å². The van der Waals surface area contributed by atoms with Crippen molar-refractivity contribution in [1.82, 2.24) is 9.97 Å². The fourth-order valence-electron chi connectivity index (χ4n) is 0.606. The van der Waals surface area contributed by atoms with Crippen LogP contribution in [0.5, 0.6) is 0 Å². The van der Waals surface area contributed by atoms with Crippen LogP contribution < -0.4 is 0 Å². The average molecular weight is 215 g/mol. The van der Waals surface area contributed by atoms with Crippen molar-refractivity contribution in [1.29, 1.82) is 0 Å². The number of carbonyl (C=O) groups is 1. The van der Waals surface area contributed by atoms with Crippen molar-refractivity contribution in [3.05, 3.63) is 23.8 Å². The molecule has 0 amide bonds. The van der Waals surface area contributed by atoms with E-state index in [9.17, 15) is 4.79 Å². The molecule has 0 bridgehead atoms. The first-order valence-electron chi connectivity index (χ1n) is 3.12. The molecule has 0 N–H and O–H groups in total. The van der Waals surface area contributed by atoms with Crippen LogP contribution in [-0.4, -0.2) is 15.8 Å². The molecule has 3 nitrogen and oxygen atoms in total. The number of carbonyl (C=O) groups excluding carboxylic acids is 1. The van der Waals surface area contributed by atoms with Gasteiger partial charge >= 0.3 is 0 Å². The fourth-order valence-corrected chi connectivity index (χ4v) is 0.895. The van der Waals surface area contributed by atoms with Gasteiger partial charge in [-0.15, -0.1) is 0 Å². The zero-order chi connectivity index (χ0) is 8.27. The Morgan fingerprint density at radius 2 is 2.09 bits per heavy atom. The lowest BCUT2D eigenvalue weighted by Gasteiger charge is -1.94. The Kier molecular flexibility index (Phi) is 2.70. The molecule has 0 aromatic carbocycles. The van der Waals surface area contributed by atoms with Crippen LogP contribution >= 0.6 is 15.9 Å². The smallest absolute Gasteiger partial charge is 0.162 e. The van der Waals surface area contributed by atoms with E-state index in [0.29, 0.717) is 16.7 Å². The maximum Gasteiger partial charge on any atom is 0.162 e. The molecule has 11 heavy (non-hydrogen) atoms. The third kappa shape index (κ3) is 2.08. The van der Waals surface area contributed by atoms with Gasteiger partial charge in [0.1, 0.15) is 5.82 Å². The molecule has 1 heterocycles. The third-order valence-electron chi connectivity index (χ3n) is 1.23. The number of hydrogen-bond donors (Lipinski definition) is 0.